The molecule has 0 aliphatic carbocycles. The van der Waals surface area contributed by atoms with Gasteiger partial charge in [0.05, 0.1) is 4.92 Å². The molecule has 0 aliphatic heterocycles. The van der Waals surface area contributed by atoms with Crippen LogP contribution in [0.5, 0.6) is 0 Å². The third-order valence-electron chi connectivity index (χ3n) is 2.22. The van der Waals surface area contributed by atoms with E-state index < -0.39 is 10.6 Å². The van der Waals surface area contributed by atoms with Gasteiger partial charge in [0.25, 0.3) is 0 Å². The molecule has 0 bridgehead atoms. The highest BCUT2D eigenvalue weighted by molar-refractivity contribution is 6.36. The first kappa shape index (κ1) is 13.5. The highest BCUT2D eigenvalue weighted by atomic mass is 35.5. The summed E-state index contributed by atoms with van der Waals surface area (Å²) >= 11 is 11.4. The van der Waals surface area contributed by atoms with Crippen molar-refractivity contribution in [2.45, 2.75) is 0 Å². The molecule has 0 N–H and O–H groups in total. The fourth-order valence-electron chi connectivity index (χ4n) is 1.38. The van der Waals surface area contributed by atoms with Crippen molar-refractivity contribution >= 4 is 41.0 Å². The van der Waals surface area contributed by atoms with Crippen molar-refractivity contribution in [2.24, 2.45) is 0 Å². The van der Waals surface area contributed by atoms with E-state index in [2.05, 4.69) is 9.97 Å². The molecule has 0 saturated heterocycles. The molecular weight excluding hydrogens is 289 g/mol. The van der Waals surface area contributed by atoms with Crippen LogP contribution in [-0.2, 0) is 0 Å². The number of rotatable bonds is 3. The van der Waals surface area contributed by atoms with Gasteiger partial charge in [-0.25, -0.2) is 9.97 Å². The van der Waals surface area contributed by atoms with Gasteiger partial charge >= 0.3 is 5.69 Å². The molecule has 1 aromatic heterocycles. The fraction of sp³-hybridized carbons (Fsp3) is 0. The predicted octanol–water partition coefficient (Wildman–Crippen LogP) is 3.86. The molecule has 0 radical (unpaired) electrons. The fourth-order valence-corrected chi connectivity index (χ4v) is 1.92. The Morgan fingerprint density at radius 1 is 1.05 bits per heavy atom. The molecule has 0 aliphatic rings. The molecule has 2 rings (SSSR count). The summed E-state index contributed by atoms with van der Waals surface area (Å²) in [5.41, 5.74) is 0.455. The summed E-state index contributed by atoms with van der Waals surface area (Å²) in [6.07, 6.45) is 3.34. The molecule has 0 spiro atoms. The molecule has 7 heteroatoms. The number of nitrogens with zero attached hydrogens (tertiary/aromatic N) is 3. The van der Waals surface area contributed by atoms with Crippen LogP contribution >= 0.6 is 23.2 Å². The smallest absolute Gasteiger partial charge is 0.258 e. The molecule has 0 saturated carbocycles. The van der Waals surface area contributed by atoms with Gasteiger partial charge in [-0.1, -0.05) is 59.6 Å². The normalized spacial score (nSPS) is 10.8. The second kappa shape index (κ2) is 5.77. The first-order valence-electron chi connectivity index (χ1n) is 5.18. The molecule has 0 unspecified atom stereocenters. The van der Waals surface area contributed by atoms with Crippen LogP contribution < -0.4 is 0 Å². The summed E-state index contributed by atoms with van der Waals surface area (Å²) < 4.78 is 0. The van der Waals surface area contributed by atoms with Crippen molar-refractivity contribution in [1.82, 2.24) is 9.97 Å². The van der Waals surface area contributed by atoms with E-state index in [9.17, 15) is 10.1 Å². The summed E-state index contributed by atoms with van der Waals surface area (Å²) in [7, 11) is 0. The van der Waals surface area contributed by atoms with Crippen LogP contribution in [0.15, 0.2) is 30.3 Å². The van der Waals surface area contributed by atoms with E-state index in [0.717, 1.165) is 5.56 Å². The van der Waals surface area contributed by atoms with Crippen LogP contribution in [0.3, 0.4) is 0 Å². The van der Waals surface area contributed by atoms with Crippen molar-refractivity contribution < 1.29 is 4.92 Å². The van der Waals surface area contributed by atoms with Gasteiger partial charge in [-0.05, 0) is 11.6 Å². The number of hydrogen-bond donors (Lipinski definition) is 0. The number of nitro groups is 1. The van der Waals surface area contributed by atoms with Gasteiger partial charge < -0.3 is 0 Å². The summed E-state index contributed by atoms with van der Waals surface area (Å²) in [5, 5.41) is 10.1. The molecule has 19 heavy (non-hydrogen) atoms. The molecule has 96 valence electrons. The van der Waals surface area contributed by atoms with E-state index in [-0.39, 0.29) is 16.1 Å². The number of benzene rings is 1. The highest BCUT2D eigenvalue weighted by Gasteiger charge is 2.21. The van der Waals surface area contributed by atoms with Gasteiger partial charge in [-0.15, -0.1) is 0 Å². The third-order valence-corrected chi connectivity index (χ3v) is 2.75. The van der Waals surface area contributed by atoms with E-state index >= 15 is 0 Å². The van der Waals surface area contributed by atoms with Gasteiger partial charge in [0, 0.05) is 0 Å². The van der Waals surface area contributed by atoms with Crippen LogP contribution in [0.4, 0.5) is 5.69 Å². The van der Waals surface area contributed by atoms with E-state index in [1.807, 2.05) is 30.3 Å². The van der Waals surface area contributed by atoms with Gasteiger partial charge in [0.15, 0.2) is 5.82 Å². The first-order valence-corrected chi connectivity index (χ1v) is 5.94. The summed E-state index contributed by atoms with van der Waals surface area (Å²) in [5.74, 6) is 0.212. The third kappa shape index (κ3) is 3.27. The topological polar surface area (TPSA) is 68.9 Å². The van der Waals surface area contributed by atoms with Crippen molar-refractivity contribution in [2.75, 3.05) is 0 Å². The van der Waals surface area contributed by atoms with E-state index in [1.54, 1.807) is 12.2 Å². The van der Waals surface area contributed by atoms with Gasteiger partial charge in [-0.3, -0.25) is 10.1 Å². The molecule has 1 aromatic carbocycles. The maximum absolute atomic E-state index is 10.7. The van der Waals surface area contributed by atoms with Gasteiger partial charge in [0.1, 0.15) is 0 Å². The molecule has 5 nitrogen and oxygen atoms in total. The Labute approximate surface area is 118 Å². The maximum Gasteiger partial charge on any atom is 0.343 e. The molecule has 2 aromatic rings. The molecule has 0 atom stereocenters. The zero-order chi connectivity index (χ0) is 13.8. The minimum absolute atomic E-state index is 0.212. The largest absolute Gasteiger partial charge is 0.343 e. The maximum atomic E-state index is 10.7. The molecule has 0 fully saturated rings. The van der Waals surface area contributed by atoms with Gasteiger partial charge in [0.2, 0.25) is 10.3 Å². The Kier molecular flexibility index (Phi) is 4.09. The minimum Gasteiger partial charge on any atom is -0.258 e. The molecule has 1 heterocycles. The van der Waals surface area contributed by atoms with E-state index in [0.29, 0.717) is 0 Å². The Bertz CT molecular complexity index is 622. The van der Waals surface area contributed by atoms with E-state index in [4.69, 9.17) is 23.2 Å². The average Bonchev–Trinajstić information content (AvgIpc) is 2.36. The monoisotopic (exact) mass is 295 g/mol. The lowest BCUT2D eigenvalue weighted by atomic mass is 10.2. The predicted molar refractivity (Wildman–Crippen MR) is 74.1 cm³/mol. The van der Waals surface area contributed by atoms with Crippen molar-refractivity contribution in [3.63, 3.8) is 0 Å². The summed E-state index contributed by atoms with van der Waals surface area (Å²) in [6.45, 7) is 0. The first-order chi connectivity index (χ1) is 9.08. The van der Waals surface area contributed by atoms with Crippen LogP contribution in [0.1, 0.15) is 11.4 Å². The summed E-state index contributed by atoms with van der Waals surface area (Å²) in [4.78, 5) is 17.6. The Morgan fingerprint density at radius 2 is 1.63 bits per heavy atom. The summed E-state index contributed by atoms with van der Waals surface area (Å²) in [6, 6.07) is 9.45. The lowest BCUT2D eigenvalue weighted by Gasteiger charge is -1.98. The quantitative estimate of drug-likeness (QED) is 0.490. The van der Waals surface area contributed by atoms with E-state index in [1.165, 1.54) is 0 Å². The number of halogens is 2. The van der Waals surface area contributed by atoms with Crippen molar-refractivity contribution in [3.05, 3.63) is 62.1 Å². The zero-order valence-electron chi connectivity index (χ0n) is 9.46. The van der Waals surface area contributed by atoms with Crippen LogP contribution in [0, 0.1) is 10.1 Å². The highest BCUT2D eigenvalue weighted by Crippen LogP contribution is 2.29. The standard InChI is InChI=1S/C12H7Cl2N3O2/c13-11-10(17(18)19)12(14)16-9(15-11)7-6-8-4-2-1-3-5-8/h1-7H/b7-6+. The average molecular weight is 296 g/mol. The van der Waals surface area contributed by atoms with Gasteiger partial charge in [-0.2, -0.15) is 0 Å². The Balaban J connectivity index is 2.33. The number of hydrogen-bond acceptors (Lipinski definition) is 4. The second-order valence-electron chi connectivity index (χ2n) is 3.51. The van der Waals surface area contributed by atoms with Crippen LogP contribution in [-0.4, -0.2) is 14.9 Å². The minimum atomic E-state index is -0.713. The van der Waals surface area contributed by atoms with Crippen LogP contribution in [0.25, 0.3) is 12.2 Å². The Morgan fingerprint density at radius 3 is 2.16 bits per heavy atom. The SMILES string of the molecule is O=[N+]([O-])c1c(Cl)nc(/C=C/c2ccccc2)nc1Cl. The number of aromatic nitrogens is 2. The van der Waals surface area contributed by atoms with Crippen molar-refractivity contribution in [3.8, 4) is 0 Å². The molecule has 0 amide bonds. The lowest BCUT2D eigenvalue weighted by Crippen LogP contribution is -1.97. The zero-order valence-corrected chi connectivity index (χ0v) is 11.0. The van der Waals surface area contributed by atoms with Crippen molar-refractivity contribution in [1.29, 1.82) is 0 Å². The van der Waals surface area contributed by atoms with Crippen LogP contribution in [0.2, 0.25) is 10.3 Å². The Hall–Kier alpha value is -1.98. The lowest BCUT2D eigenvalue weighted by molar-refractivity contribution is -0.385. The second-order valence-corrected chi connectivity index (χ2v) is 4.23. The molecular formula is C12H7Cl2N3O2.